The summed E-state index contributed by atoms with van der Waals surface area (Å²) < 4.78 is 0. The molecule has 0 atom stereocenters. The fourth-order valence-electron chi connectivity index (χ4n) is 3.30. The van der Waals surface area contributed by atoms with Gasteiger partial charge in [0, 0.05) is 38.2 Å². The van der Waals surface area contributed by atoms with Crippen LogP contribution in [0.3, 0.4) is 0 Å². The molecule has 3 rings (SSSR count). The lowest BCUT2D eigenvalue weighted by Gasteiger charge is -2.36. The van der Waals surface area contributed by atoms with Gasteiger partial charge in [-0.3, -0.25) is 4.79 Å². The van der Waals surface area contributed by atoms with Gasteiger partial charge in [0.25, 0.3) is 0 Å². The molecule has 0 aliphatic carbocycles. The van der Waals surface area contributed by atoms with Gasteiger partial charge >= 0.3 is 0 Å². The van der Waals surface area contributed by atoms with Gasteiger partial charge < -0.3 is 9.80 Å². The first-order valence-corrected chi connectivity index (χ1v) is 9.67. The number of carbonyl (C=O) groups is 1. The second kappa shape index (κ2) is 7.67. The third kappa shape index (κ3) is 4.85. The second-order valence-corrected chi connectivity index (χ2v) is 8.68. The second-order valence-electron chi connectivity index (χ2n) is 8.68. The number of nitrogens with zero attached hydrogens (tertiary/aromatic N) is 4. The van der Waals surface area contributed by atoms with Crippen LogP contribution in [-0.4, -0.2) is 47.2 Å². The molecule has 0 bridgehead atoms. The summed E-state index contributed by atoms with van der Waals surface area (Å²) in [7, 11) is 0. The lowest BCUT2D eigenvalue weighted by Crippen LogP contribution is -2.49. The fourth-order valence-corrected chi connectivity index (χ4v) is 3.30. The minimum Gasteiger partial charge on any atom is -0.352 e. The predicted octanol–water partition coefficient (Wildman–Crippen LogP) is 3.85. The summed E-state index contributed by atoms with van der Waals surface area (Å²) in [6.07, 6.45) is 0.595. The zero-order valence-corrected chi connectivity index (χ0v) is 17.1. The molecule has 1 aliphatic rings. The number of amides is 1. The van der Waals surface area contributed by atoms with Crippen molar-refractivity contribution in [2.75, 3.05) is 31.1 Å². The van der Waals surface area contributed by atoms with E-state index in [4.69, 9.17) is 0 Å². The zero-order valence-electron chi connectivity index (χ0n) is 17.1. The van der Waals surface area contributed by atoms with Gasteiger partial charge in [0.15, 0.2) is 5.82 Å². The SMILES string of the molecule is Cc1ccc(-c2ccc(N3CCN(C(=O)CC(C)(C)C)CC3)nn2)cc1C. The maximum Gasteiger partial charge on any atom is 0.223 e. The molecule has 5 heteroatoms. The average molecular weight is 367 g/mol. The van der Waals surface area contributed by atoms with Crippen LogP contribution >= 0.6 is 0 Å². The van der Waals surface area contributed by atoms with E-state index in [1.165, 1.54) is 11.1 Å². The van der Waals surface area contributed by atoms with E-state index in [0.29, 0.717) is 6.42 Å². The van der Waals surface area contributed by atoms with Crippen molar-refractivity contribution >= 4 is 11.7 Å². The first-order chi connectivity index (χ1) is 12.7. The number of aryl methyl sites for hydroxylation is 2. The highest BCUT2D eigenvalue weighted by Gasteiger charge is 2.25. The van der Waals surface area contributed by atoms with Crippen LogP contribution in [-0.2, 0) is 4.79 Å². The van der Waals surface area contributed by atoms with Crippen LogP contribution in [0.5, 0.6) is 0 Å². The van der Waals surface area contributed by atoms with Gasteiger partial charge in [-0.1, -0.05) is 32.9 Å². The monoisotopic (exact) mass is 366 g/mol. The Morgan fingerprint density at radius 1 is 0.963 bits per heavy atom. The summed E-state index contributed by atoms with van der Waals surface area (Å²) in [6.45, 7) is 13.6. The molecule has 27 heavy (non-hydrogen) atoms. The lowest BCUT2D eigenvalue weighted by atomic mass is 9.91. The number of hydrogen-bond donors (Lipinski definition) is 0. The van der Waals surface area contributed by atoms with Gasteiger partial charge in [-0.05, 0) is 48.6 Å². The minimum atomic E-state index is 0.0316. The maximum atomic E-state index is 12.4. The van der Waals surface area contributed by atoms with Gasteiger partial charge in [0.1, 0.15) is 0 Å². The Labute approximate surface area is 162 Å². The summed E-state index contributed by atoms with van der Waals surface area (Å²) in [6, 6.07) is 10.4. The largest absolute Gasteiger partial charge is 0.352 e. The number of carbonyl (C=O) groups excluding carboxylic acids is 1. The quantitative estimate of drug-likeness (QED) is 0.828. The van der Waals surface area contributed by atoms with Crippen LogP contribution < -0.4 is 4.90 Å². The molecule has 0 unspecified atom stereocenters. The smallest absolute Gasteiger partial charge is 0.223 e. The first kappa shape index (κ1) is 19.3. The van der Waals surface area contributed by atoms with Gasteiger partial charge in [-0.15, -0.1) is 10.2 Å². The molecule has 1 aromatic carbocycles. The van der Waals surface area contributed by atoms with Crippen molar-refractivity contribution in [2.45, 2.75) is 41.0 Å². The molecule has 1 fully saturated rings. The van der Waals surface area contributed by atoms with E-state index in [2.05, 4.69) is 67.9 Å². The van der Waals surface area contributed by atoms with Crippen LogP contribution in [0.1, 0.15) is 38.3 Å². The number of rotatable bonds is 3. The summed E-state index contributed by atoms with van der Waals surface area (Å²) in [4.78, 5) is 16.6. The molecule has 2 heterocycles. The van der Waals surface area contributed by atoms with Crippen LogP contribution in [0.15, 0.2) is 30.3 Å². The Hall–Kier alpha value is -2.43. The molecule has 1 amide bonds. The minimum absolute atomic E-state index is 0.0316. The highest BCUT2D eigenvalue weighted by Crippen LogP contribution is 2.23. The van der Waals surface area contributed by atoms with E-state index in [9.17, 15) is 4.79 Å². The number of hydrogen-bond acceptors (Lipinski definition) is 4. The van der Waals surface area contributed by atoms with E-state index >= 15 is 0 Å². The van der Waals surface area contributed by atoms with E-state index in [1.807, 2.05) is 17.0 Å². The third-order valence-electron chi connectivity index (χ3n) is 5.09. The van der Waals surface area contributed by atoms with Crippen molar-refractivity contribution in [1.29, 1.82) is 0 Å². The Morgan fingerprint density at radius 2 is 1.67 bits per heavy atom. The summed E-state index contributed by atoms with van der Waals surface area (Å²) in [5, 5.41) is 8.86. The molecule has 1 aliphatic heterocycles. The van der Waals surface area contributed by atoms with Crippen molar-refractivity contribution in [2.24, 2.45) is 5.41 Å². The van der Waals surface area contributed by atoms with Crippen LogP contribution in [0.2, 0.25) is 0 Å². The average Bonchev–Trinajstić information content (AvgIpc) is 2.63. The molecule has 1 saturated heterocycles. The molecule has 0 radical (unpaired) electrons. The Bertz CT molecular complexity index is 800. The van der Waals surface area contributed by atoms with Crippen LogP contribution in [0, 0.1) is 19.3 Å². The molecule has 1 aromatic heterocycles. The normalized spacial score (nSPS) is 15.1. The summed E-state index contributed by atoms with van der Waals surface area (Å²) in [5.41, 5.74) is 4.55. The lowest BCUT2D eigenvalue weighted by molar-refractivity contribution is -0.133. The maximum absolute atomic E-state index is 12.4. The molecule has 0 spiro atoms. The van der Waals surface area contributed by atoms with Crippen molar-refractivity contribution in [3.8, 4) is 11.3 Å². The van der Waals surface area contributed by atoms with Gasteiger partial charge in [-0.25, -0.2) is 0 Å². The molecule has 144 valence electrons. The zero-order chi connectivity index (χ0) is 19.6. The van der Waals surface area contributed by atoms with Crippen molar-refractivity contribution in [3.63, 3.8) is 0 Å². The van der Waals surface area contributed by atoms with E-state index in [1.54, 1.807) is 0 Å². The van der Waals surface area contributed by atoms with Gasteiger partial charge in [0.05, 0.1) is 5.69 Å². The predicted molar refractivity (Wildman–Crippen MR) is 110 cm³/mol. The van der Waals surface area contributed by atoms with Crippen LogP contribution in [0.25, 0.3) is 11.3 Å². The summed E-state index contributed by atoms with van der Waals surface area (Å²) in [5.74, 6) is 1.13. The van der Waals surface area contributed by atoms with Crippen molar-refractivity contribution in [3.05, 3.63) is 41.5 Å². The fraction of sp³-hybridized carbons (Fsp3) is 0.500. The van der Waals surface area contributed by atoms with E-state index in [0.717, 1.165) is 43.3 Å². The van der Waals surface area contributed by atoms with Crippen molar-refractivity contribution in [1.82, 2.24) is 15.1 Å². The Balaban J connectivity index is 1.62. The Morgan fingerprint density at radius 3 is 2.22 bits per heavy atom. The number of benzene rings is 1. The molecule has 0 N–H and O–H groups in total. The molecular formula is C22H30N4O. The summed E-state index contributed by atoms with van der Waals surface area (Å²) >= 11 is 0. The highest BCUT2D eigenvalue weighted by molar-refractivity contribution is 5.77. The standard InChI is InChI=1S/C22H30N4O/c1-16-6-7-18(14-17(16)2)19-8-9-20(24-23-19)25-10-12-26(13-11-25)21(27)15-22(3,4)5/h6-9,14H,10-13,15H2,1-5H3. The number of aromatic nitrogens is 2. The molecule has 0 saturated carbocycles. The highest BCUT2D eigenvalue weighted by atomic mass is 16.2. The van der Waals surface area contributed by atoms with Crippen molar-refractivity contribution < 1.29 is 4.79 Å². The first-order valence-electron chi connectivity index (χ1n) is 9.67. The molecule has 2 aromatic rings. The number of anilines is 1. The Kier molecular flexibility index (Phi) is 5.49. The van der Waals surface area contributed by atoms with E-state index < -0.39 is 0 Å². The molecule has 5 nitrogen and oxygen atoms in total. The third-order valence-corrected chi connectivity index (χ3v) is 5.09. The van der Waals surface area contributed by atoms with Gasteiger partial charge in [0.2, 0.25) is 5.91 Å². The molecular weight excluding hydrogens is 336 g/mol. The van der Waals surface area contributed by atoms with Gasteiger partial charge in [-0.2, -0.15) is 0 Å². The topological polar surface area (TPSA) is 49.3 Å². The number of piperazine rings is 1. The van der Waals surface area contributed by atoms with Crippen LogP contribution in [0.4, 0.5) is 5.82 Å². The van der Waals surface area contributed by atoms with E-state index in [-0.39, 0.29) is 11.3 Å².